The Kier molecular flexibility index (Phi) is 7.72. The maximum absolute atomic E-state index is 13.5. The highest BCUT2D eigenvalue weighted by Crippen LogP contribution is 2.35. The molecule has 8 heteroatoms. The van der Waals surface area contributed by atoms with E-state index in [1.54, 1.807) is 17.5 Å². The van der Waals surface area contributed by atoms with Gasteiger partial charge in [-0.2, -0.15) is 0 Å². The molecule has 0 aliphatic heterocycles. The zero-order valence-corrected chi connectivity index (χ0v) is 21.8. The highest BCUT2D eigenvalue weighted by molar-refractivity contribution is 7.13. The van der Waals surface area contributed by atoms with Crippen molar-refractivity contribution in [1.29, 1.82) is 0 Å². The quantitative estimate of drug-likeness (QED) is 0.451. The number of rotatable bonds is 7. The van der Waals surface area contributed by atoms with Gasteiger partial charge in [0.15, 0.2) is 0 Å². The Morgan fingerprint density at radius 3 is 2.57 bits per heavy atom. The second kappa shape index (κ2) is 10.7. The Morgan fingerprint density at radius 2 is 1.94 bits per heavy atom. The highest BCUT2D eigenvalue weighted by atomic mass is 32.1. The molecule has 1 aliphatic rings. The average Bonchev–Trinajstić information content (AvgIpc) is 3.36. The lowest BCUT2D eigenvalue weighted by Crippen LogP contribution is -2.41. The predicted octanol–water partition coefficient (Wildman–Crippen LogP) is 4.45. The van der Waals surface area contributed by atoms with Crippen molar-refractivity contribution in [3.05, 3.63) is 68.1 Å². The van der Waals surface area contributed by atoms with Crippen LogP contribution in [-0.2, 0) is 6.54 Å². The van der Waals surface area contributed by atoms with E-state index >= 15 is 0 Å². The Labute approximate surface area is 210 Å². The van der Waals surface area contributed by atoms with Crippen LogP contribution < -0.4 is 21.5 Å². The van der Waals surface area contributed by atoms with E-state index in [0.717, 1.165) is 65.3 Å². The number of anilines is 1. The van der Waals surface area contributed by atoms with Gasteiger partial charge in [-0.15, -0.1) is 11.3 Å². The molecule has 1 amide bonds. The first-order valence-corrected chi connectivity index (χ1v) is 13.2. The van der Waals surface area contributed by atoms with Crippen molar-refractivity contribution in [3.8, 4) is 10.6 Å². The Morgan fingerprint density at radius 1 is 1.20 bits per heavy atom. The lowest BCUT2D eigenvalue weighted by Gasteiger charge is -2.38. The first-order chi connectivity index (χ1) is 16.8. The molecule has 2 heterocycles. The summed E-state index contributed by atoms with van der Waals surface area (Å²) < 4.78 is 0. The van der Waals surface area contributed by atoms with Crippen molar-refractivity contribution < 1.29 is 4.79 Å². The van der Waals surface area contributed by atoms with Crippen molar-refractivity contribution >= 4 is 22.9 Å². The topological polar surface area (TPSA) is 104 Å². The number of aromatic amines is 1. The number of aryl methyl sites for hydroxylation is 2. The molecule has 0 unspecified atom stereocenters. The van der Waals surface area contributed by atoms with Crippen LogP contribution in [0.4, 0.5) is 5.69 Å². The molecule has 1 aromatic carbocycles. The summed E-state index contributed by atoms with van der Waals surface area (Å²) in [6.07, 6.45) is 5.92. The molecule has 35 heavy (non-hydrogen) atoms. The van der Waals surface area contributed by atoms with Crippen LogP contribution in [0, 0.1) is 20.8 Å². The number of nitrogens with zero attached hydrogens (tertiary/aromatic N) is 2. The van der Waals surface area contributed by atoms with Gasteiger partial charge in [0.25, 0.3) is 11.5 Å². The fourth-order valence-corrected chi connectivity index (χ4v) is 5.75. The van der Waals surface area contributed by atoms with Crippen molar-refractivity contribution in [2.75, 3.05) is 11.4 Å². The monoisotopic (exact) mass is 493 g/mol. The summed E-state index contributed by atoms with van der Waals surface area (Å²) in [4.78, 5) is 35.6. The lowest BCUT2D eigenvalue weighted by atomic mass is 9.89. The van der Waals surface area contributed by atoms with Gasteiger partial charge in [0.1, 0.15) is 5.01 Å². The molecule has 4 N–H and O–H groups in total. The van der Waals surface area contributed by atoms with Gasteiger partial charge in [0, 0.05) is 64.8 Å². The molecule has 0 saturated heterocycles. The zero-order valence-electron chi connectivity index (χ0n) is 21.0. The number of H-pyrrole nitrogens is 1. The van der Waals surface area contributed by atoms with E-state index in [1.165, 1.54) is 0 Å². The minimum atomic E-state index is -0.191. The molecule has 0 bridgehead atoms. The highest BCUT2D eigenvalue weighted by Gasteiger charge is 2.27. The molecule has 0 radical (unpaired) electrons. The number of amides is 1. The molecule has 3 aromatic rings. The predicted molar refractivity (Wildman–Crippen MR) is 143 cm³/mol. The van der Waals surface area contributed by atoms with E-state index in [9.17, 15) is 9.59 Å². The number of carbonyl (C=O) groups is 1. The van der Waals surface area contributed by atoms with Crippen molar-refractivity contribution in [2.45, 2.75) is 72.0 Å². The first kappa shape index (κ1) is 25.1. The van der Waals surface area contributed by atoms with Crippen LogP contribution in [-0.4, -0.2) is 34.5 Å². The molecule has 1 saturated carbocycles. The number of benzene rings is 1. The van der Waals surface area contributed by atoms with Crippen LogP contribution in [0.1, 0.15) is 65.3 Å². The van der Waals surface area contributed by atoms with Crippen LogP contribution in [0.2, 0.25) is 0 Å². The maximum atomic E-state index is 13.5. The summed E-state index contributed by atoms with van der Waals surface area (Å²) in [5.41, 5.74) is 11.8. The summed E-state index contributed by atoms with van der Waals surface area (Å²) in [5, 5.41) is 5.82. The van der Waals surface area contributed by atoms with E-state index < -0.39 is 0 Å². The van der Waals surface area contributed by atoms with E-state index in [2.05, 4.69) is 33.2 Å². The van der Waals surface area contributed by atoms with Crippen molar-refractivity contribution in [3.63, 3.8) is 0 Å². The number of carbonyl (C=O) groups excluding carboxylic acids is 1. The number of pyridine rings is 1. The molecule has 0 atom stereocenters. The molecule has 186 valence electrons. The number of nitrogens with one attached hydrogen (secondary N) is 2. The molecule has 4 rings (SSSR count). The fourth-order valence-electron chi connectivity index (χ4n) is 5.13. The summed E-state index contributed by atoms with van der Waals surface area (Å²) >= 11 is 1.56. The average molecular weight is 494 g/mol. The zero-order chi connectivity index (χ0) is 25.1. The van der Waals surface area contributed by atoms with Crippen LogP contribution in [0.15, 0.2) is 34.6 Å². The molecule has 7 nitrogen and oxygen atoms in total. The van der Waals surface area contributed by atoms with Gasteiger partial charge in [-0.1, -0.05) is 0 Å². The third kappa shape index (κ3) is 5.49. The van der Waals surface area contributed by atoms with Crippen LogP contribution in [0.5, 0.6) is 0 Å². The minimum absolute atomic E-state index is 0.163. The Balaban J connectivity index is 1.69. The van der Waals surface area contributed by atoms with Gasteiger partial charge in [0.05, 0.1) is 0 Å². The normalized spacial score (nSPS) is 17.9. The van der Waals surface area contributed by atoms with Gasteiger partial charge >= 0.3 is 0 Å². The van der Waals surface area contributed by atoms with Crippen molar-refractivity contribution in [2.24, 2.45) is 5.73 Å². The molecule has 1 aliphatic carbocycles. The fraction of sp³-hybridized carbons (Fsp3) is 0.444. The molecular formula is C27H35N5O2S. The standard InChI is InChI=1S/C27H35N5O2S/c1-5-32(21-8-6-20(28)7-9-21)24-14-19(27-29-10-11-35-27)13-22(18(24)4)25(33)30-15-23-16(2)12-17(3)31-26(23)34/h10-14,20-21H,5-9,15,28H2,1-4H3,(H,30,33)(H,31,34)/t20-,21-. The van der Waals surface area contributed by atoms with Crippen molar-refractivity contribution in [1.82, 2.24) is 15.3 Å². The Hall–Kier alpha value is -2.97. The van der Waals surface area contributed by atoms with E-state index in [-0.39, 0.29) is 24.1 Å². The van der Waals surface area contributed by atoms with Gasteiger partial charge in [-0.05, 0) is 82.7 Å². The second-order valence-corrected chi connectivity index (χ2v) is 10.4. The largest absolute Gasteiger partial charge is 0.369 e. The number of nitrogens with two attached hydrogens (primary N) is 1. The molecular weight excluding hydrogens is 458 g/mol. The molecule has 0 spiro atoms. The number of hydrogen-bond donors (Lipinski definition) is 3. The summed E-state index contributed by atoms with van der Waals surface area (Å²) in [5.74, 6) is -0.191. The minimum Gasteiger partial charge on any atom is -0.369 e. The Bertz CT molecular complexity index is 1240. The van der Waals surface area contributed by atoms with Gasteiger partial charge in [-0.25, -0.2) is 4.98 Å². The summed E-state index contributed by atoms with van der Waals surface area (Å²) in [6, 6.07) is 6.68. The van der Waals surface area contributed by atoms with Crippen LogP contribution in [0.25, 0.3) is 10.6 Å². The second-order valence-electron chi connectivity index (χ2n) is 9.49. The van der Waals surface area contributed by atoms with Gasteiger partial charge in [-0.3, -0.25) is 9.59 Å². The van der Waals surface area contributed by atoms with Crippen LogP contribution >= 0.6 is 11.3 Å². The number of hydrogen-bond acceptors (Lipinski definition) is 6. The summed E-state index contributed by atoms with van der Waals surface area (Å²) in [7, 11) is 0. The van der Waals surface area contributed by atoms with Gasteiger partial charge in [0.2, 0.25) is 0 Å². The smallest absolute Gasteiger partial charge is 0.253 e. The van der Waals surface area contributed by atoms with E-state index in [1.807, 2.05) is 38.3 Å². The van der Waals surface area contributed by atoms with E-state index in [0.29, 0.717) is 17.2 Å². The summed E-state index contributed by atoms with van der Waals surface area (Å²) in [6.45, 7) is 8.94. The third-order valence-corrected chi connectivity index (χ3v) is 7.88. The lowest BCUT2D eigenvalue weighted by molar-refractivity contribution is 0.0950. The molecule has 2 aromatic heterocycles. The van der Waals surface area contributed by atoms with E-state index in [4.69, 9.17) is 5.73 Å². The van der Waals surface area contributed by atoms with Gasteiger partial charge < -0.3 is 20.9 Å². The maximum Gasteiger partial charge on any atom is 0.253 e. The number of thiazole rings is 1. The van der Waals surface area contributed by atoms with Crippen LogP contribution in [0.3, 0.4) is 0 Å². The third-order valence-electron chi connectivity index (χ3n) is 7.06. The molecule has 1 fully saturated rings. The first-order valence-electron chi connectivity index (χ1n) is 12.3. The number of aromatic nitrogens is 2. The SMILES string of the molecule is CCN(c1cc(-c2nccs2)cc(C(=O)NCc2c(C)cc(C)[nH]c2=O)c1C)[C@H]1CC[C@H](N)CC1.